The minimum Gasteiger partial charge on any atom is -0.409 e. The van der Waals surface area contributed by atoms with Crippen molar-refractivity contribution >= 4 is 17.4 Å². The number of rotatable bonds is 3. The number of carbonyl (C=O) groups excluding carboxylic acids is 1. The number of aromatic amines is 1. The van der Waals surface area contributed by atoms with E-state index in [1.165, 1.54) is 18.2 Å². The van der Waals surface area contributed by atoms with E-state index < -0.39 is 5.91 Å². The molecular weight excluding hydrogens is 260 g/mol. The second-order valence-corrected chi connectivity index (χ2v) is 3.95. The molecule has 0 bridgehead atoms. The van der Waals surface area contributed by atoms with E-state index in [-0.39, 0.29) is 17.1 Å². The number of aromatic nitrogens is 1. The highest BCUT2D eigenvalue weighted by Crippen LogP contribution is 2.11. The Morgan fingerprint density at radius 2 is 2.00 bits per heavy atom. The summed E-state index contributed by atoms with van der Waals surface area (Å²) in [6.45, 7) is 0. The normalized spacial score (nSPS) is 11.1. The van der Waals surface area contributed by atoms with Crippen molar-refractivity contribution in [2.45, 2.75) is 0 Å². The van der Waals surface area contributed by atoms with Crippen LogP contribution in [0.2, 0.25) is 0 Å². The van der Waals surface area contributed by atoms with Gasteiger partial charge in [0.1, 0.15) is 5.69 Å². The van der Waals surface area contributed by atoms with Gasteiger partial charge in [0.2, 0.25) is 5.56 Å². The molecule has 0 aliphatic carbocycles. The first-order valence-corrected chi connectivity index (χ1v) is 5.69. The van der Waals surface area contributed by atoms with Crippen LogP contribution < -0.4 is 16.6 Å². The van der Waals surface area contributed by atoms with Gasteiger partial charge in [0.05, 0.1) is 0 Å². The molecule has 1 aromatic carbocycles. The molecule has 5 N–H and O–H groups in total. The lowest BCUT2D eigenvalue weighted by Gasteiger charge is -2.06. The van der Waals surface area contributed by atoms with Gasteiger partial charge in [-0.2, -0.15) is 0 Å². The van der Waals surface area contributed by atoms with Crippen molar-refractivity contribution in [2.75, 3.05) is 5.32 Å². The molecule has 20 heavy (non-hydrogen) atoms. The zero-order valence-electron chi connectivity index (χ0n) is 10.3. The third-order valence-electron chi connectivity index (χ3n) is 2.54. The molecule has 0 unspecified atom stereocenters. The Morgan fingerprint density at radius 1 is 1.25 bits per heavy atom. The number of pyridine rings is 1. The highest BCUT2D eigenvalue weighted by atomic mass is 16.4. The van der Waals surface area contributed by atoms with Crippen LogP contribution in [0.25, 0.3) is 0 Å². The largest absolute Gasteiger partial charge is 0.409 e. The number of amides is 1. The standard InChI is InChI=1S/C13H12N4O3/c14-12(17-20)8-3-1-4-9(7-8)15-13(19)10-5-2-6-11(18)16-10/h1-7,20H,(H2,14,17)(H,15,19)(H,16,18). The Bertz CT molecular complexity index is 721. The smallest absolute Gasteiger partial charge is 0.272 e. The second-order valence-electron chi connectivity index (χ2n) is 3.95. The zero-order chi connectivity index (χ0) is 14.5. The first kappa shape index (κ1) is 13.3. The van der Waals surface area contributed by atoms with Gasteiger partial charge in [-0.3, -0.25) is 9.59 Å². The number of anilines is 1. The average Bonchev–Trinajstić information content (AvgIpc) is 2.46. The first-order valence-electron chi connectivity index (χ1n) is 5.69. The van der Waals surface area contributed by atoms with Crippen molar-refractivity contribution in [1.29, 1.82) is 0 Å². The monoisotopic (exact) mass is 272 g/mol. The average molecular weight is 272 g/mol. The highest BCUT2D eigenvalue weighted by Gasteiger charge is 2.07. The topological polar surface area (TPSA) is 121 Å². The van der Waals surface area contributed by atoms with E-state index >= 15 is 0 Å². The van der Waals surface area contributed by atoms with Crippen molar-refractivity contribution < 1.29 is 10.0 Å². The van der Waals surface area contributed by atoms with Gasteiger partial charge in [0.25, 0.3) is 5.91 Å². The molecule has 7 nitrogen and oxygen atoms in total. The maximum atomic E-state index is 11.9. The summed E-state index contributed by atoms with van der Waals surface area (Å²) in [5.74, 6) is -0.520. The fourth-order valence-electron chi connectivity index (χ4n) is 1.59. The molecule has 1 heterocycles. The maximum absolute atomic E-state index is 11.9. The first-order chi connectivity index (χ1) is 9.60. The Labute approximate surface area is 113 Å². The van der Waals surface area contributed by atoms with Gasteiger partial charge in [-0.1, -0.05) is 23.4 Å². The predicted molar refractivity (Wildman–Crippen MR) is 74.0 cm³/mol. The van der Waals surface area contributed by atoms with E-state index in [9.17, 15) is 9.59 Å². The van der Waals surface area contributed by atoms with Crippen LogP contribution in [0.1, 0.15) is 16.1 Å². The quantitative estimate of drug-likeness (QED) is 0.285. The van der Waals surface area contributed by atoms with Gasteiger partial charge in [-0.05, 0) is 18.2 Å². The van der Waals surface area contributed by atoms with Crippen LogP contribution in [-0.2, 0) is 0 Å². The summed E-state index contributed by atoms with van der Waals surface area (Å²) in [6.07, 6.45) is 0. The Kier molecular flexibility index (Phi) is 3.80. The van der Waals surface area contributed by atoms with E-state index in [0.717, 1.165) is 0 Å². The van der Waals surface area contributed by atoms with Crippen LogP contribution in [-0.4, -0.2) is 21.9 Å². The van der Waals surface area contributed by atoms with Crippen LogP contribution in [0.4, 0.5) is 5.69 Å². The summed E-state index contributed by atoms with van der Waals surface area (Å²) in [7, 11) is 0. The molecule has 0 spiro atoms. The fraction of sp³-hybridized carbons (Fsp3) is 0. The van der Waals surface area contributed by atoms with Crippen LogP contribution in [0.3, 0.4) is 0 Å². The molecule has 0 saturated carbocycles. The van der Waals surface area contributed by atoms with Gasteiger partial charge in [-0.15, -0.1) is 0 Å². The van der Waals surface area contributed by atoms with Crippen molar-refractivity contribution in [3.63, 3.8) is 0 Å². The van der Waals surface area contributed by atoms with Gasteiger partial charge in [0.15, 0.2) is 5.84 Å². The van der Waals surface area contributed by atoms with Gasteiger partial charge >= 0.3 is 0 Å². The number of nitrogens with zero attached hydrogens (tertiary/aromatic N) is 1. The molecule has 2 rings (SSSR count). The minimum absolute atomic E-state index is 0.0609. The van der Waals surface area contributed by atoms with Crippen LogP contribution in [0.15, 0.2) is 52.4 Å². The summed E-state index contributed by atoms with van der Waals surface area (Å²) in [6, 6.07) is 10.8. The summed E-state index contributed by atoms with van der Waals surface area (Å²) >= 11 is 0. The maximum Gasteiger partial charge on any atom is 0.272 e. The van der Waals surface area contributed by atoms with E-state index in [1.54, 1.807) is 24.3 Å². The van der Waals surface area contributed by atoms with E-state index in [0.29, 0.717) is 11.3 Å². The summed E-state index contributed by atoms with van der Waals surface area (Å²) in [4.78, 5) is 25.5. The molecule has 0 aliphatic heterocycles. The van der Waals surface area contributed by atoms with Crippen molar-refractivity contribution in [3.05, 3.63) is 64.1 Å². The number of hydrogen-bond acceptors (Lipinski definition) is 4. The lowest BCUT2D eigenvalue weighted by Crippen LogP contribution is -2.18. The van der Waals surface area contributed by atoms with Crippen LogP contribution in [0, 0.1) is 0 Å². The number of benzene rings is 1. The number of amidine groups is 1. The van der Waals surface area contributed by atoms with E-state index in [4.69, 9.17) is 10.9 Å². The number of H-pyrrole nitrogens is 1. The number of nitrogens with one attached hydrogen (secondary N) is 2. The Balaban J connectivity index is 2.22. The van der Waals surface area contributed by atoms with Crippen molar-refractivity contribution in [3.8, 4) is 0 Å². The third kappa shape index (κ3) is 3.02. The molecule has 7 heteroatoms. The summed E-state index contributed by atoms with van der Waals surface area (Å²) in [5.41, 5.74) is 6.18. The molecule has 1 amide bonds. The van der Waals surface area contributed by atoms with Crippen molar-refractivity contribution in [1.82, 2.24) is 4.98 Å². The van der Waals surface area contributed by atoms with Crippen LogP contribution in [0.5, 0.6) is 0 Å². The minimum atomic E-state index is -0.459. The molecule has 1 aromatic heterocycles. The van der Waals surface area contributed by atoms with Gasteiger partial charge < -0.3 is 21.2 Å². The van der Waals surface area contributed by atoms with Gasteiger partial charge in [0, 0.05) is 17.3 Å². The molecule has 0 fully saturated rings. The zero-order valence-corrected chi connectivity index (χ0v) is 10.3. The Morgan fingerprint density at radius 3 is 2.70 bits per heavy atom. The molecule has 0 aliphatic rings. The molecule has 2 aromatic rings. The van der Waals surface area contributed by atoms with E-state index in [2.05, 4.69) is 15.5 Å². The summed E-state index contributed by atoms with van der Waals surface area (Å²) in [5, 5.41) is 14.1. The number of carbonyl (C=O) groups is 1. The third-order valence-corrected chi connectivity index (χ3v) is 2.54. The Hall–Kier alpha value is -3.09. The lowest BCUT2D eigenvalue weighted by atomic mass is 10.2. The highest BCUT2D eigenvalue weighted by molar-refractivity contribution is 6.04. The molecular formula is C13H12N4O3. The number of oxime groups is 1. The molecule has 102 valence electrons. The molecule has 0 radical (unpaired) electrons. The van der Waals surface area contributed by atoms with Gasteiger partial charge in [-0.25, -0.2) is 0 Å². The number of nitrogens with two attached hydrogens (primary N) is 1. The van der Waals surface area contributed by atoms with Crippen molar-refractivity contribution in [2.24, 2.45) is 10.9 Å². The SMILES string of the molecule is N/C(=N/O)c1cccc(NC(=O)c2cccc(=O)[nH]2)c1. The summed E-state index contributed by atoms with van der Waals surface area (Å²) < 4.78 is 0. The number of hydrogen-bond donors (Lipinski definition) is 4. The lowest BCUT2D eigenvalue weighted by molar-refractivity contribution is 0.102. The molecule has 0 atom stereocenters. The second kappa shape index (κ2) is 5.70. The van der Waals surface area contributed by atoms with E-state index in [1.807, 2.05) is 0 Å². The van der Waals surface area contributed by atoms with Crippen LogP contribution >= 0.6 is 0 Å². The predicted octanol–water partition coefficient (Wildman–Crippen LogP) is 0.722. The molecule has 0 saturated heterocycles. The fourth-order valence-corrected chi connectivity index (χ4v) is 1.59.